The van der Waals surface area contributed by atoms with E-state index in [0.717, 1.165) is 25.7 Å². The number of rotatable bonds is 2. The third-order valence-corrected chi connectivity index (χ3v) is 3.65. The third-order valence-electron chi connectivity index (χ3n) is 3.41. The monoisotopic (exact) mass is 254 g/mol. The number of hydrogen-bond donors (Lipinski definition) is 0. The fourth-order valence-corrected chi connectivity index (χ4v) is 2.56. The Hall–Kier alpha value is -0.890. The molecule has 0 heterocycles. The van der Waals surface area contributed by atoms with Gasteiger partial charge in [0.2, 0.25) is 0 Å². The van der Waals surface area contributed by atoms with E-state index in [1.807, 2.05) is 0 Å². The normalized spacial score (nSPS) is 21.3. The van der Waals surface area contributed by atoms with Crippen LogP contribution in [0, 0.1) is 11.7 Å². The first-order chi connectivity index (χ1) is 8.16. The number of benzene rings is 1. The van der Waals surface area contributed by atoms with Gasteiger partial charge < -0.3 is 0 Å². The first-order valence-corrected chi connectivity index (χ1v) is 6.51. The van der Waals surface area contributed by atoms with Crippen molar-refractivity contribution in [3.63, 3.8) is 0 Å². The van der Waals surface area contributed by atoms with Gasteiger partial charge in [0.25, 0.3) is 0 Å². The van der Waals surface area contributed by atoms with Crippen molar-refractivity contribution in [2.24, 2.45) is 5.92 Å². The summed E-state index contributed by atoms with van der Waals surface area (Å²) in [6, 6.07) is 4.69. The zero-order valence-corrected chi connectivity index (χ0v) is 10.5. The Labute approximate surface area is 106 Å². The maximum atomic E-state index is 13.6. The number of Topliss-reactive ketones (excluding diaryl/α,β-unsaturated/α-hetero) is 1. The minimum atomic E-state index is -0.297. The maximum Gasteiger partial charge on any atom is 0.136 e. The Kier molecular flexibility index (Phi) is 4.16. The van der Waals surface area contributed by atoms with Crippen LogP contribution in [0.3, 0.4) is 0 Å². The molecule has 1 aliphatic carbocycles. The van der Waals surface area contributed by atoms with Gasteiger partial charge in [0.15, 0.2) is 0 Å². The van der Waals surface area contributed by atoms with Crippen LogP contribution in [0.25, 0.3) is 0 Å². The van der Waals surface area contributed by atoms with Crippen LogP contribution >= 0.6 is 11.6 Å². The van der Waals surface area contributed by atoms with Gasteiger partial charge in [0, 0.05) is 17.4 Å². The van der Waals surface area contributed by atoms with Crippen LogP contribution in [0.15, 0.2) is 18.2 Å². The second kappa shape index (κ2) is 5.63. The molecule has 17 heavy (non-hydrogen) atoms. The van der Waals surface area contributed by atoms with Crippen molar-refractivity contribution in [3.05, 3.63) is 34.6 Å². The molecule has 1 nitrogen and oxygen atoms in total. The molecule has 1 fully saturated rings. The second-order valence-electron chi connectivity index (χ2n) is 4.70. The Morgan fingerprint density at radius 2 is 2.12 bits per heavy atom. The smallest absolute Gasteiger partial charge is 0.136 e. The van der Waals surface area contributed by atoms with E-state index < -0.39 is 0 Å². The van der Waals surface area contributed by atoms with Gasteiger partial charge in [0.05, 0.1) is 0 Å². The molecule has 1 atom stereocenters. The molecule has 1 aromatic carbocycles. The Bertz CT molecular complexity index is 417. The summed E-state index contributed by atoms with van der Waals surface area (Å²) in [6.07, 6.45) is 5.23. The number of carbonyl (C=O) groups is 1. The van der Waals surface area contributed by atoms with Crippen molar-refractivity contribution in [3.8, 4) is 0 Å². The maximum absolute atomic E-state index is 13.6. The van der Waals surface area contributed by atoms with E-state index in [4.69, 9.17) is 11.6 Å². The van der Waals surface area contributed by atoms with Gasteiger partial charge in [-0.25, -0.2) is 4.39 Å². The van der Waals surface area contributed by atoms with Crippen LogP contribution in [0.4, 0.5) is 4.39 Å². The molecule has 0 radical (unpaired) electrons. The van der Waals surface area contributed by atoms with Gasteiger partial charge in [-0.1, -0.05) is 30.5 Å². The summed E-state index contributed by atoms with van der Waals surface area (Å²) >= 11 is 5.71. The molecule has 1 aromatic rings. The molecule has 0 N–H and O–H groups in total. The molecule has 2 rings (SSSR count). The summed E-state index contributed by atoms with van der Waals surface area (Å²) < 4.78 is 13.6. The summed E-state index contributed by atoms with van der Waals surface area (Å²) in [6.45, 7) is 0. The SMILES string of the molecule is O=C1CCCCCC1Cc1ccc(Cl)cc1F. The summed E-state index contributed by atoms with van der Waals surface area (Å²) in [5.41, 5.74) is 0.606. The van der Waals surface area contributed by atoms with Crippen molar-refractivity contribution in [1.29, 1.82) is 0 Å². The average molecular weight is 255 g/mol. The van der Waals surface area contributed by atoms with E-state index in [2.05, 4.69) is 0 Å². The van der Waals surface area contributed by atoms with Crippen molar-refractivity contribution in [2.75, 3.05) is 0 Å². The number of hydrogen-bond acceptors (Lipinski definition) is 1. The van der Waals surface area contributed by atoms with Gasteiger partial charge in [0.1, 0.15) is 11.6 Å². The molecule has 92 valence electrons. The van der Waals surface area contributed by atoms with Gasteiger partial charge in [-0.05, 0) is 37.0 Å². The van der Waals surface area contributed by atoms with Crippen molar-refractivity contribution in [1.82, 2.24) is 0 Å². The molecule has 0 amide bonds. The number of ketones is 1. The van der Waals surface area contributed by atoms with E-state index >= 15 is 0 Å². The summed E-state index contributed by atoms with van der Waals surface area (Å²) in [4.78, 5) is 11.8. The second-order valence-corrected chi connectivity index (χ2v) is 5.14. The molecule has 0 aromatic heterocycles. The first-order valence-electron chi connectivity index (χ1n) is 6.13. The highest BCUT2D eigenvalue weighted by Crippen LogP contribution is 2.25. The zero-order valence-electron chi connectivity index (χ0n) is 9.72. The predicted molar refractivity (Wildman–Crippen MR) is 66.7 cm³/mol. The minimum Gasteiger partial charge on any atom is -0.299 e. The van der Waals surface area contributed by atoms with E-state index in [1.54, 1.807) is 12.1 Å². The van der Waals surface area contributed by atoms with E-state index in [0.29, 0.717) is 23.4 Å². The highest BCUT2D eigenvalue weighted by atomic mass is 35.5. The summed E-state index contributed by atoms with van der Waals surface area (Å²) in [7, 11) is 0. The van der Waals surface area contributed by atoms with E-state index in [9.17, 15) is 9.18 Å². The Morgan fingerprint density at radius 3 is 2.88 bits per heavy atom. The van der Waals surface area contributed by atoms with Crippen LogP contribution in [-0.2, 0) is 11.2 Å². The van der Waals surface area contributed by atoms with Crippen LogP contribution in [0.5, 0.6) is 0 Å². The molecule has 0 bridgehead atoms. The van der Waals surface area contributed by atoms with Gasteiger partial charge in [-0.2, -0.15) is 0 Å². The molecule has 3 heteroatoms. The topological polar surface area (TPSA) is 17.1 Å². The molecule has 1 aliphatic rings. The molecular formula is C14H16ClFO. The molecule has 0 aliphatic heterocycles. The Morgan fingerprint density at radius 1 is 1.29 bits per heavy atom. The molecule has 1 unspecified atom stereocenters. The van der Waals surface area contributed by atoms with Crippen molar-refractivity contribution < 1.29 is 9.18 Å². The van der Waals surface area contributed by atoms with Gasteiger partial charge in [-0.15, -0.1) is 0 Å². The third kappa shape index (κ3) is 3.29. The van der Waals surface area contributed by atoms with Crippen LogP contribution in [0.2, 0.25) is 5.02 Å². The first kappa shape index (κ1) is 12.6. The summed E-state index contributed by atoms with van der Waals surface area (Å²) in [5.74, 6) is -0.0143. The van der Waals surface area contributed by atoms with E-state index in [-0.39, 0.29) is 17.5 Å². The molecule has 0 spiro atoms. The molecular weight excluding hydrogens is 239 g/mol. The number of halogens is 2. The van der Waals surface area contributed by atoms with Gasteiger partial charge >= 0.3 is 0 Å². The number of carbonyl (C=O) groups excluding carboxylic acids is 1. The highest BCUT2D eigenvalue weighted by molar-refractivity contribution is 6.30. The van der Waals surface area contributed by atoms with Crippen LogP contribution in [-0.4, -0.2) is 5.78 Å². The lowest BCUT2D eigenvalue weighted by molar-refractivity contribution is -0.122. The molecule has 0 saturated heterocycles. The fourth-order valence-electron chi connectivity index (χ4n) is 2.40. The van der Waals surface area contributed by atoms with Crippen molar-refractivity contribution in [2.45, 2.75) is 38.5 Å². The lowest BCUT2D eigenvalue weighted by Gasteiger charge is -2.13. The molecule has 1 saturated carbocycles. The zero-order chi connectivity index (χ0) is 12.3. The predicted octanol–water partition coefficient (Wildman–Crippen LogP) is 4.17. The summed E-state index contributed by atoms with van der Waals surface area (Å²) in [5, 5.41) is 0.401. The van der Waals surface area contributed by atoms with Crippen molar-refractivity contribution >= 4 is 17.4 Å². The fraction of sp³-hybridized carbons (Fsp3) is 0.500. The highest BCUT2D eigenvalue weighted by Gasteiger charge is 2.22. The quantitative estimate of drug-likeness (QED) is 0.724. The largest absolute Gasteiger partial charge is 0.299 e. The lowest BCUT2D eigenvalue weighted by Crippen LogP contribution is -2.16. The van der Waals surface area contributed by atoms with Crippen LogP contribution in [0.1, 0.15) is 37.7 Å². The van der Waals surface area contributed by atoms with E-state index in [1.165, 1.54) is 6.07 Å². The average Bonchev–Trinajstić information content (AvgIpc) is 2.48. The lowest BCUT2D eigenvalue weighted by atomic mass is 9.91. The minimum absolute atomic E-state index is 0.00632. The van der Waals surface area contributed by atoms with Crippen LogP contribution < -0.4 is 0 Å². The Balaban J connectivity index is 2.10. The van der Waals surface area contributed by atoms with Gasteiger partial charge in [-0.3, -0.25) is 4.79 Å². The standard InChI is InChI=1S/C14H16ClFO/c15-12-7-6-10(13(16)9-12)8-11-4-2-1-3-5-14(11)17/h6-7,9,11H,1-5,8H2.